The standard InChI is InChI=1S/C14H14FN3O2/c15-11-4-1-2-5-13(11)20-9-3-6-18-14(19)12-10-16-7-8-17-12/h1-2,4-5,7-8,10H,3,6,9H2,(H,18,19). The van der Waals surface area contributed by atoms with E-state index in [1.165, 1.54) is 24.7 Å². The topological polar surface area (TPSA) is 64.1 Å². The first kappa shape index (κ1) is 13.9. The van der Waals surface area contributed by atoms with Crippen LogP contribution in [0.2, 0.25) is 0 Å². The SMILES string of the molecule is O=C(NCCCOc1ccccc1F)c1cnccn1. The van der Waals surface area contributed by atoms with Crippen LogP contribution in [0.25, 0.3) is 0 Å². The molecule has 6 heteroatoms. The molecular weight excluding hydrogens is 261 g/mol. The lowest BCUT2D eigenvalue weighted by molar-refractivity contribution is 0.0946. The fourth-order valence-electron chi connectivity index (χ4n) is 1.52. The molecular formula is C14H14FN3O2. The van der Waals surface area contributed by atoms with Crippen LogP contribution in [0.15, 0.2) is 42.9 Å². The summed E-state index contributed by atoms with van der Waals surface area (Å²) < 4.78 is 18.5. The van der Waals surface area contributed by atoms with Crippen LogP contribution in [0.1, 0.15) is 16.9 Å². The van der Waals surface area contributed by atoms with Crippen LogP contribution in [0.4, 0.5) is 4.39 Å². The summed E-state index contributed by atoms with van der Waals surface area (Å²) in [6.07, 6.45) is 4.92. The van der Waals surface area contributed by atoms with Gasteiger partial charge in [-0.25, -0.2) is 9.37 Å². The summed E-state index contributed by atoms with van der Waals surface area (Å²) in [5, 5.41) is 2.68. The van der Waals surface area contributed by atoms with Gasteiger partial charge < -0.3 is 10.1 Å². The Morgan fingerprint density at radius 1 is 1.30 bits per heavy atom. The van der Waals surface area contributed by atoms with Gasteiger partial charge in [0.1, 0.15) is 5.69 Å². The molecule has 0 aliphatic carbocycles. The Labute approximate surface area is 115 Å². The molecule has 104 valence electrons. The number of hydrogen-bond acceptors (Lipinski definition) is 4. The third-order valence-electron chi connectivity index (χ3n) is 2.50. The van der Waals surface area contributed by atoms with Crippen LogP contribution in [0.5, 0.6) is 5.75 Å². The van der Waals surface area contributed by atoms with Crippen molar-refractivity contribution in [3.8, 4) is 5.75 Å². The van der Waals surface area contributed by atoms with Crippen molar-refractivity contribution in [2.45, 2.75) is 6.42 Å². The Balaban J connectivity index is 1.67. The Morgan fingerprint density at radius 2 is 2.15 bits per heavy atom. The van der Waals surface area contributed by atoms with E-state index in [2.05, 4.69) is 15.3 Å². The number of aromatic nitrogens is 2. The summed E-state index contributed by atoms with van der Waals surface area (Å²) in [6.45, 7) is 0.742. The number of ether oxygens (including phenoxy) is 1. The lowest BCUT2D eigenvalue weighted by atomic mass is 10.3. The first-order valence-electron chi connectivity index (χ1n) is 6.19. The van der Waals surface area contributed by atoms with E-state index >= 15 is 0 Å². The normalized spacial score (nSPS) is 10.1. The highest BCUT2D eigenvalue weighted by molar-refractivity contribution is 5.91. The van der Waals surface area contributed by atoms with Gasteiger partial charge in [-0.3, -0.25) is 9.78 Å². The summed E-state index contributed by atoms with van der Waals surface area (Å²) in [5.74, 6) is -0.465. The van der Waals surface area contributed by atoms with Crippen LogP contribution >= 0.6 is 0 Å². The quantitative estimate of drug-likeness (QED) is 0.817. The van der Waals surface area contributed by atoms with E-state index < -0.39 is 5.82 Å². The number of para-hydroxylation sites is 1. The zero-order valence-corrected chi connectivity index (χ0v) is 10.8. The summed E-state index contributed by atoms with van der Waals surface area (Å²) in [6, 6.07) is 6.20. The number of carbonyl (C=O) groups excluding carboxylic acids is 1. The van der Waals surface area contributed by atoms with E-state index in [-0.39, 0.29) is 17.4 Å². The molecule has 0 saturated heterocycles. The third-order valence-corrected chi connectivity index (χ3v) is 2.50. The van der Waals surface area contributed by atoms with Crippen LogP contribution in [0, 0.1) is 5.82 Å². The molecule has 1 aromatic carbocycles. The highest BCUT2D eigenvalue weighted by atomic mass is 19.1. The number of rotatable bonds is 6. The molecule has 0 bridgehead atoms. The second-order valence-corrected chi connectivity index (χ2v) is 3.98. The highest BCUT2D eigenvalue weighted by Crippen LogP contribution is 2.15. The van der Waals surface area contributed by atoms with Crippen LogP contribution in [-0.2, 0) is 0 Å². The minimum absolute atomic E-state index is 0.216. The first-order chi connectivity index (χ1) is 9.77. The molecule has 2 aromatic rings. The van der Waals surface area contributed by atoms with Crippen LogP contribution in [0.3, 0.4) is 0 Å². The molecule has 1 amide bonds. The molecule has 1 heterocycles. The second-order valence-electron chi connectivity index (χ2n) is 3.98. The molecule has 2 rings (SSSR count). The summed E-state index contributed by atoms with van der Waals surface area (Å²) >= 11 is 0. The van der Waals surface area contributed by atoms with Crippen LogP contribution < -0.4 is 10.1 Å². The van der Waals surface area contributed by atoms with E-state index in [4.69, 9.17) is 4.74 Å². The average Bonchev–Trinajstić information content (AvgIpc) is 2.49. The van der Waals surface area contributed by atoms with E-state index in [9.17, 15) is 9.18 Å². The van der Waals surface area contributed by atoms with Crippen molar-refractivity contribution < 1.29 is 13.9 Å². The number of nitrogens with zero attached hydrogens (tertiary/aromatic N) is 2. The molecule has 1 aromatic heterocycles. The minimum atomic E-state index is -0.393. The number of carbonyl (C=O) groups is 1. The number of amides is 1. The van der Waals surface area contributed by atoms with Crippen molar-refractivity contribution in [2.24, 2.45) is 0 Å². The van der Waals surface area contributed by atoms with Gasteiger partial charge in [-0.2, -0.15) is 0 Å². The fourth-order valence-corrected chi connectivity index (χ4v) is 1.52. The second kappa shape index (κ2) is 7.18. The van der Waals surface area contributed by atoms with Gasteiger partial charge in [0.15, 0.2) is 11.6 Å². The van der Waals surface area contributed by atoms with E-state index in [1.54, 1.807) is 18.2 Å². The van der Waals surface area contributed by atoms with Gasteiger partial charge in [0, 0.05) is 18.9 Å². The molecule has 0 atom stereocenters. The molecule has 0 aliphatic rings. The van der Waals surface area contributed by atoms with Crippen molar-refractivity contribution in [1.29, 1.82) is 0 Å². The predicted molar refractivity (Wildman–Crippen MR) is 70.9 cm³/mol. The Bertz CT molecular complexity index is 563. The molecule has 0 aliphatic heterocycles. The highest BCUT2D eigenvalue weighted by Gasteiger charge is 2.05. The van der Waals surface area contributed by atoms with E-state index in [0.717, 1.165) is 0 Å². The molecule has 0 unspecified atom stereocenters. The maximum Gasteiger partial charge on any atom is 0.271 e. The van der Waals surface area contributed by atoms with Gasteiger partial charge in [0.05, 0.1) is 12.8 Å². The van der Waals surface area contributed by atoms with Crippen molar-refractivity contribution in [3.63, 3.8) is 0 Å². The number of nitrogens with one attached hydrogen (secondary N) is 1. The fraction of sp³-hybridized carbons (Fsp3) is 0.214. The predicted octanol–water partition coefficient (Wildman–Crippen LogP) is 1.81. The van der Waals surface area contributed by atoms with Gasteiger partial charge in [-0.05, 0) is 18.6 Å². The van der Waals surface area contributed by atoms with Gasteiger partial charge in [0.25, 0.3) is 5.91 Å². The molecule has 0 fully saturated rings. The summed E-state index contributed by atoms with van der Waals surface area (Å²) in [5.41, 5.74) is 0.266. The van der Waals surface area contributed by atoms with Gasteiger partial charge in [0.2, 0.25) is 0 Å². The molecule has 0 saturated carbocycles. The van der Waals surface area contributed by atoms with Crippen molar-refractivity contribution in [3.05, 3.63) is 54.4 Å². The zero-order chi connectivity index (χ0) is 14.2. The monoisotopic (exact) mass is 275 g/mol. The third kappa shape index (κ3) is 4.01. The van der Waals surface area contributed by atoms with Gasteiger partial charge in [-0.1, -0.05) is 12.1 Å². The maximum atomic E-state index is 13.2. The lowest BCUT2D eigenvalue weighted by Crippen LogP contribution is -2.26. The average molecular weight is 275 g/mol. The van der Waals surface area contributed by atoms with Gasteiger partial charge >= 0.3 is 0 Å². The number of hydrogen-bond donors (Lipinski definition) is 1. The Hall–Kier alpha value is -2.50. The molecule has 0 radical (unpaired) electrons. The minimum Gasteiger partial charge on any atom is -0.490 e. The first-order valence-corrected chi connectivity index (χ1v) is 6.19. The lowest BCUT2D eigenvalue weighted by Gasteiger charge is -2.07. The van der Waals surface area contributed by atoms with E-state index in [0.29, 0.717) is 19.6 Å². The Kier molecular flexibility index (Phi) is 5.00. The zero-order valence-electron chi connectivity index (χ0n) is 10.8. The molecule has 5 nitrogen and oxygen atoms in total. The summed E-state index contributed by atoms with van der Waals surface area (Å²) in [7, 11) is 0. The van der Waals surface area contributed by atoms with Crippen LogP contribution in [-0.4, -0.2) is 29.0 Å². The Morgan fingerprint density at radius 3 is 2.90 bits per heavy atom. The molecule has 0 spiro atoms. The summed E-state index contributed by atoms with van der Waals surface area (Å²) in [4.78, 5) is 19.3. The molecule has 1 N–H and O–H groups in total. The maximum absolute atomic E-state index is 13.2. The van der Waals surface area contributed by atoms with E-state index in [1.807, 2.05) is 0 Å². The number of halogens is 1. The van der Waals surface area contributed by atoms with Crippen molar-refractivity contribution in [2.75, 3.05) is 13.2 Å². The smallest absolute Gasteiger partial charge is 0.271 e. The van der Waals surface area contributed by atoms with Gasteiger partial charge in [-0.15, -0.1) is 0 Å². The van der Waals surface area contributed by atoms with Crippen molar-refractivity contribution in [1.82, 2.24) is 15.3 Å². The number of benzene rings is 1. The molecule has 20 heavy (non-hydrogen) atoms. The largest absolute Gasteiger partial charge is 0.490 e. The van der Waals surface area contributed by atoms with Crippen molar-refractivity contribution >= 4 is 5.91 Å².